The van der Waals surface area contributed by atoms with Crippen LogP contribution in [0.25, 0.3) is 0 Å². The lowest BCUT2D eigenvalue weighted by molar-refractivity contribution is -0.141. The minimum absolute atomic E-state index is 0.227. The topological polar surface area (TPSA) is 49.3 Å². The van der Waals surface area contributed by atoms with E-state index < -0.39 is 5.97 Å². The van der Waals surface area contributed by atoms with Gasteiger partial charge in [-0.05, 0) is 13.5 Å². The Kier molecular flexibility index (Phi) is 4.05. The first-order valence-electron chi connectivity index (χ1n) is 3.09. The van der Waals surface area contributed by atoms with Gasteiger partial charge >= 0.3 is 5.97 Å². The van der Waals surface area contributed by atoms with Gasteiger partial charge in [0.2, 0.25) is 0 Å². The molecule has 0 bridgehead atoms. The number of aliphatic carboxylic acids is 1. The van der Waals surface area contributed by atoms with E-state index in [2.05, 4.69) is 5.32 Å². The van der Waals surface area contributed by atoms with Gasteiger partial charge in [-0.3, -0.25) is 4.79 Å². The summed E-state index contributed by atoms with van der Waals surface area (Å²) < 4.78 is 0. The molecular weight excluding hydrogens is 118 g/mol. The van der Waals surface area contributed by atoms with E-state index >= 15 is 0 Å². The highest BCUT2D eigenvalue weighted by atomic mass is 16.4. The summed E-state index contributed by atoms with van der Waals surface area (Å²) in [5.74, 6) is -0.943. The maximum Gasteiger partial charge on any atom is 0.307 e. The van der Waals surface area contributed by atoms with Gasteiger partial charge in [-0.25, -0.2) is 0 Å². The summed E-state index contributed by atoms with van der Waals surface area (Å²) >= 11 is 0. The second kappa shape index (κ2) is 4.32. The van der Waals surface area contributed by atoms with E-state index in [-0.39, 0.29) is 5.92 Å². The molecule has 0 spiro atoms. The van der Waals surface area contributed by atoms with Gasteiger partial charge in [-0.1, -0.05) is 6.92 Å². The first kappa shape index (κ1) is 8.43. The van der Waals surface area contributed by atoms with Crippen molar-refractivity contribution in [3.05, 3.63) is 0 Å². The Morgan fingerprint density at radius 3 is 2.44 bits per heavy atom. The van der Waals surface area contributed by atoms with Gasteiger partial charge in [0.05, 0.1) is 5.92 Å². The second-order valence-electron chi connectivity index (χ2n) is 2.00. The molecule has 0 aliphatic carbocycles. The molecular formula is C6H13NO2. The fourth-order valence-corrected chi connectivity index (χ4v) is 0.653. The SMILES string of the molecule is CC[C@@H](CNC)C(=O)O. The molecule has 0 heterocycles. The summed E-state index contributed by atoms with van der Waals surface area (Å²) in [4.78, 5) is 10.3. The lowest BCUT2D eigenvalue weighted by Gasteiger charge is -2.06. The Hall–Kier alpha value is -0.570. The summed E-state index contributed by atoms with van der Waals surface area (Å²) in [7, 11) is 1.76. The second-order valence-corrected chi connectivity index (χ2v) is 2.00. The van der Waals surface area contributed by atoms with Crippen molar-refractivity contribution in [2.75, 3.05) is 13.6 Å². The van der Waals surface area contributed by atoms with Crippen molar-refractivity contribution in [3.63, 3.8) is 0 Å². The Bertz CT molecular complexity index is 93.1. The molecule has 3 heteroatoms. The highest BCUT2D eigenvalue weighted by molar-refractivity contribution is 5.70. The van der Waals surface area contributed by atoms with Crippen molar-refractivity contribution in [2.24, 2.45) is 5.92 Å². The normalized spacial score (nSPS) is 13.1. The summed E-state index contributed by atoms with van der Waals surface area (Å²) in [6.07, 6.45) is 0.691. The third kappa shape index (κ3) is 3.08. The third-order valence-electron chi connectivity index (χ3n) is 1.29. The van der Waals surface area contributed by atoms with Crippen molar-refractivity contribution in [2.45, 2.75) is 13.3 Å². The lowest BCUT2D eigenvalue weighted by Crippen LogP contribution is -2.25. The van der Waals surface area contributed by atoms with Gasteiger partial charge in [0, 0.05) is 6.54 Å². The zero-order valence-electron chi connectivity index (χ0n) is 5.85. The fraction of sp³-hybridized carbons (Fsp3) is 0.833. The number of carbonyl (C=O) groups is 1. The largest absolute Gasteiger partial charge is 0.481 e. The van der Waals surface area contributed by atoms with Crippen LogP contribution >= 0.6 is 0 Å². The number of rotatable bonds is 4. The van der Waals surface area contributed by atoms with E-state index in [1.807, 2.05) is 6.92 Å². The minimum atomic E-state index is -0.716. The molecule has 0 aromatic heterocycles. The van der Waals surface area contributed by atoms with Crippen LogP contribution in [-0.4, -0.2) is 24.7 Å². The highest BCUT2D eigenvalue weighted by Gasteiger charge is 2.12. The zero-order chi connectivity index (χ0) is 7.28. The Morgan fingerprint density at radius 2 is 2.33 bits per heavy atom. The molecule has 3 nitrogen and oxygen atoms in total. The average molecular weight is 131 g/mol. The predicted molar refractivity (Wildman–Crippen MR) is 35.3 cm³/mol. The smallest absolute Gasteiger partial charge is 0.307 e. The molecule has 54 valence electrons. The molecule has 0 saturated carbocycles. The van der Waals surface area contributed by atoms with E-state index in [1.165, 1.54) is 0 Å². The third-order valence-corrected chi connectivity index (χ3v) is 1.29. The molecule has 0 rings (SSSR count). The summed E-state index contributed by atoms with van der Waals surface area (Å²) in [6, 6.07) is 0. The van der Waals surface area contributed by atoms with Gasteiger partial charge in [0.15, 0.2) is 0 Å². The molecule has 9 heavy (non-hydrogen) atoms. The quantitative estimate of drug-likeness (QED) is 0.577. The van der Waals surface area contributed by atoms with E-state index in [4.69, 9.17) is 5.11 Å². The summed E-state index contributed by atoms with van der Waals surface area (Å²) in [5.41, 5.74) is 0. The van der Waals surface area contributed by atoms with Gasteiger partial charge in [0.25, 0.3) is 0 Å². The van der Waals surface area contributed by atoms with Gasteiger partial charge in [0.1, 0.15) is 0 Å². The van der Waals surface area contributed by atoms with E-state index in [0.717, 1.165) is 0 Å². The molecule has 0 radical (unpaired) electrons. The Labute approximate surface area is 55.1 Å². The lowest BCUT2D eigenvalue weighted by atomic mass is 10.1. The van der Waals surface area contributed by atoms with Crippen LogP contribution in [0.15, 0.2) is 0 Å². The van der Waals surface area contributed by atoms with Crippen LogP contribution in [-0.2, 0) is 4.79 Å². The molecule has 1 atom stereocenters. The first-order chi connectivity index (χ1) is 4.22. The standard InChI is InChI=1S/C6H13NO2/c1-3-5(4-7-2)6(8)9/h5,7H,3-4H2,1-2H3,(H,8,9)/t5-/m0/s1. The maximum absolute atomic E-state index is 10.3. The molecule has 0 aromatic rings. The fourth-order valence-electron chi connectivity index (χ4n) is 0.653. The van der Waals surface area contributed by atoms with Gasteiger partial charge in [-0.15, -0.1) is 0 Å². The van der Waals surface area contributed by atoms with Crippen LogP contribution in [0.4, 0.5) is 0 Å². The summed E-state index contributed by atoms with van der Waals surface area (Å²) in [5, 5.41) is 11.3. The van der Waals surface area contributed by atoms with Crippen LogP contribution in [0.3, 0.4) is 0 Å². The molecule has 0 unspecified atom stereocenters. The van der Waals surface area contributed by atoms with Gasteiger partial charge < -0.3 is 10.4 Å². The van der Waals surface area contributed by atoms with Crippen molar-refractivity contribution < 1.29 is 9.90 Å². The van der Waals surface area contributed by atoms with Crippen molar-refractivity contribution >= 4 is 5.97 Å². The van der Waals surface area contributed by atoms with Crippen molar-refractivity contribution in [1.82, 2.24) is 5.32 Å². The zero-order valence-corrected chi connectivity index (χ0v) is 5.85. The van der Waals surface area contributed by atoms with Crippen LogP contribution in [0, 0.1) is 5.92 Å². The average Bonchev–Trinajstić information content (AvgIpc) is 1.82. The number of hydrogen-bond acceptors (Lipinski definition) is 2. The molecule has 0 saturated heterocycles. The number of carboxylic acids is 1. The number of carboxylic acid groups (broad SMARTS) is 1. The summed E-state index contributed by atoms with van der Waals surface area (Å²) in [6.45, 7) is 2.43. The van der Waals surface area contributed by atoms with Crippen LogP contribution in [0.1, 0.15) is 13.3 Å². The predicted octanol–water partition coefficient (Wildman–Crippen LogP) is 0.317. The van der Waals surface area contributed by atoms with Crippen LogP contribution in [0.5, 0.6) is 0 Å². The van der Waals surface area contributed by atoms with Crippen molar-refractivity contribution in [3.8, 4) is 0 Å². The number of hydrogen-bond donors (Lipinski definition) is 2. The highest BCUT2D eigenvalue weighted by Crippen LogP contribution is 1.98. The van der Waals surface area contributed by atoms with E-state index in [9.17, 15) is 4.79 Å². The minimum Gasteiger partial charge on any atom is -0.481 e. The molecule has 0 aromatic carbocycles. The molecule has 0 amide bonds. The number of nitrogens with one attached hydrogen (secondary N) is 1. The van der Waals surface area contributed by atoms with E-state index in [0.29, 0.717) is 13.0 Å². The molecule has 0 aliphatic rings. The molecule has 0 aliphatic heterocycles. The van der Waals surface area contributed by atoms with Crippen LogP contribution in [0.2, 0.25) is 0 Å². The van der Waals surface area contributed by atoms with Crippen molar-refractivity contribution in [1.29, 1.82) is 0 Å². The molecule has 2 N–H and O–H groups in total. The van der Waals surface area contributed by atoms with Crippen LogP contribution < -0.4 is 5.32 Å². The molecule has 0 fully saturated rings. The maximum atomic E-state index is 10.3. The monoisotopic (exact) mass is 131 g/mol. The van der Waals surface area contributed by atoms with E-state index in [1.54, 1.807) is 7.05 Å². The van der Waals surface area contributed by atoms with Gasteiger partial charge in [-0.2, -0.15) is 0 Å². The first-order valence-corrected chi connectivity index (χ1v) is 3.09. The Morgan fingerprint density at radius 1 is 1.78 bits per heavy atom. The Balaban J connectivity index is 3.54.